The van der Waals surface area contributed by atoms with Crippen molar-refractivity contribution in [2.24, 2.45) is 0 Å². The minimum Gasteiger partial charge on any atom is -0.294 e. The molecule has 0 aliphatic heterocycles. The van der Waals surface area contributed by atoms with Crippen molar-refractivity contribution in [3.05, 3.63) is 23.3 Å². The Bertz CT molecular complexity index is 193. The summed E-state index contributed by atoms with van der Waals surface area (Å²) in [6.07, 6.45) is 4.41. The molecule has 0 spiro atoms. The Balaban J connectivity index is 2.95. The van der Waals surface area contributed by atoms with Crippen LogP contribution in [0.2, 0.25) is 0 Å². The minimum absolute atomic E-state index is 0.259. The van der Waals surface area contributed by atoms with E-state index in [2.05, 4.69) is 0 Å². The molecule has 0 heterocycles. The van der Waals surface area contributed by atoms with E-state index >= 15 is 0 Å². The normalized spacial score (nSPS) is 17.1. The maximum absolute atomic E-state index is 10.9. The van der Waals surface area contributed by atoms with Crippen LogP contribution in [0.1, 0.15) is 20.3 Å². The molecule has 0 aromatic carbocycles. The second-order valence-corrected chi connectivity index (χ2v) is 2.44. The van der Waals surface area contributed by atoms with Gasteiger partial charge in [0.05, 0.1) is 0 Å². The van der Waals surface area contributed by atoms with Gasteiger partial charge in [-0.15, -0.1) is 0 Å². The van der Waals surface area contributed by atoms with Crippen molar-refractivity contribution in [2.45, 2.75) is 20.3 Å². The van der Waals surface area contributed by atoms with Crippen LogP contribution in [0, 0.1) is 0 Å². The highest BCUT2D eigenvalue weighted by Crippen LogP contribution is 2.15. The van der Waals surface area contributed by atoms with Gasteiger partial charge in [0.1, 0.15) is 0 Å². The lowest BCUT2D eigenvalue weighted by molar-refractivity contribution is -0.114. The summed E-state index contributed by atoms with van der Waals surface area (Å²) in [5.41, 5.74) is 2.02. The highest BCUT2D eigenvalue weighted by atomic mass is 16.1. The summed E-state index contributed by atoms with van der Waals surface area (Å²) in [4.78, 5) is 10.9. The second-order valence-electron chi connectivity index (χ2n) is 2.44. The van der Waals surface area contributed by atoms with Crippen molar-refractivity contribution in [1.29, 1.82) is 0 Å². The summed E-state index contributed by atoms with van der Waals surface area (Å²) >= 11 is 0. The fourth-order valence-electron chi connectivity index (χ4n) is 0.932. The van der Waals surface area contributed by atoms with Gasteiger partial charge in [0.25, 0.3) is 0 Å². The first-order valence-electron chi connectivity index (χ1n) is 3.09. The molecule has 1 aliphatic carbocycles. The minimum atomic E-state index is 0.259. The second kappa shape index (κ2) is 2.18. The number of rotatable bonds is 0. The first kappa shape index (κ1) is 6.27. The molecular formula is C8H10O. The predicted molar refractivity (Wildman–Crippen MR) is 37.1 cm³/mol. The van der Waals surface area contributed by atoms with E-state index in [9.17, 15) is 4.79 Å². The zero-order valence-electron chi connectivity index (χ0n) is 5.77. The van der Waals surface area contributed by atoms with Gasteiger partial charge in [-0.3, -0.25) is 4.79 Å². The molecule has 1 rings (SSSR count). The van der Waals surface area contributed by atoms with Crippen LogP contribution in [-0.2, 0) is 4.79 Å². The molecule has 0 N–H and O–H groups in total. The molecule has 0 atom stereocenters. The molecule has 0 saturated heterocycles. The maximum atomic E-state index is 10.9. The van der Waals surface area contributed by atoms with Crippen molar-refractivity contribution >= 4 is 5.78 Å². The summed E-state index contributed by atoms with van der Waals surface area (Å²) < 4.78 is 0. The molecule has 0 aromatic heterocycles. The zero-order chi connectivity index (χ0) is 6.85. The van der Waals surface area contributed by atoms with E-state index in [1.165, 1.54) is 0 Å². The molecule has 0 radical (unpaired) electrons. The summed E-state index contributed by atoms with van der Waals surface area (Å²) in [7, 11) is 0. The smallest absolute Gasteiger partial charge is 0.166 e. The van der Waals surface area contributed by atoms with Gasteiger partial charge in [-0.05, 0) is 13.8 Å². The largest absolute Gasteiger partial charge is 0.294 e. The molecular weight excluding hydrogens is 112 g/mol. The van der Waals surface area contributed by atoms with Gasteiger partial charge in [-0.25, -0.2) is 0 Å². The van der Waals surface area contributed by atoms with Gasteiger partial charge in [-0.2, -0.15) is 0 Å². The fraction of sp³-hybridized carbons (Fsp3) is 0.375. The molecule has 0 unspecified atom stereocenters. The third-order valence-electron chi connectivity index (χ3n) is 1.43. The summed E-state index contributed by atoms with van der Waals surface area (Å²) in [6.45, 7) is 3.92. The number of ketones is 1. The number of hydrogen-bond donors (Lipinski definition) is 0. The Hall–Kier alpha value is -0.850. The first-order valence-corrected chi connectivity index (χ1v) is 3.09. The van der Waals surface area contributed by atoms with Gasteiger partial charge < -0.3 is 0 Å². The topological polar surface area (TPSA) is 17.1 Å². The van der Waals surface area contributed by atoms with Crippen LogP contribution in [0.15, 0.2) is 23.3 Å². The number of carbonyl (C=O) groups excluding carboxylic acids is 1. The molecule has 1 aliphatic rings. The zero-order valence-corrected chi connectivity index (χ0v) is 5.77. The standard InChI is InChI=1S/C8H10O/c1-6(2)7-4-3-5-8(7)9/h3-4H,5H2,1-2H3. The Morgan fingerprint density at radius 2 is 2.22 bits per heavy atom. The van der Waals surface area contributed by atoms with E-state index in [0.717, 1.165) is 11.1 Å². The van der Waals surface area contributed by atoms with Crippen LogP contribution in [0.4, 0.5) is 0 Å². The predicted octanol–water partition coefficient (Wildman–Crippen LogP) is 1.85. The van der Waals surface area contributed by atoms with Crippen LogP contribution in [0.3, 0.4) is 0 Å². The molecule has 0 saturated carbocycles. The molecule has 0 bridgehead atoms. The monoisotopic (exact) mass is 122 g/mol. The molecule has 9 heavy (non-hydrogen) atoms. The highest BCUT2D eigenvalue weighted by molar-refractivity contribution is 6.02. The van der Waals surface area contributed by atoms with E-state index in [4.69, 9.17) is 0 Å². The molecule has 0 aromatic rings. The summed E-state index contributed by atoms with van der Waals surface area (Å²) in [6, 6.07) is 0. The lowest BCUT2D eigenvalue weighted by Crippen LogP contribution is -1.93. The average Bonchev–Trinajstić information content (AvgIpc) is 2.13. The van der Waals surface area contributed by atoms with Crippen molar-refractivity contribution < 1.29 is 4.79 Å². The molecule has 48 valence electrons. The van der Waals surface area contributed by atoms with E-state index in [1.54, 1.807) is 0 Å². The molecule has 0 fully saturated rings. The highest BCUT2D eigenvalue weighted by Gasteiger charge is 2.10. The van der Waals surface area contributed by atoms with Crippen LogP contribution in [0.25, 0.3) is 0 Å². The average molecular weight is 122 g/mol. The van der Waals surface area contributed by atoms with Crippen LogP contribution >= 0.6 is 0 Å². The van der Waals surface area contributed by atoms with Crippen molar-refractivity contribution in [3.8, 4) is 0 Å². The number of carbonyl (C=O) groups is 1. The van der Waals surface area contributed by atoms with E-state index in [-0.39, 0.29) is 5.78 Å². The van der Waals surface area contributed by atoms with Crippen LogP contribution in [0.5, 0.6) is 0 Å². The van der Waals surface area contributed by atoms with Gasteiger partial charge in [0.15, 0.2) is 5.78 Å². The molecule has 0 amide bonds. The van der Waals surface area contributed by atoms with E-state index in [0.29, 0.717) is 6.42 Å². The van der Waals surface area contributed by atoms with Crippen molar-refractivity contribution in [3.63, 3.8) is 0 Å². The number of Topliss-reactive ketones (excluding diaryl/α,β-unsaturated/α-hetero) is 1. The summed E-state index contributed by atoms with van der Waals surface area (Å²) in [5.74, 6) is 0.259. The van der Waals surface area contributed by atoms with E-state index in [1.807, 2.05) is 26.0 Å². The fourth-order valence-corrected chi connectivity index (χ4v) is 0.932. The third-order valence-corrected chi connectivity index (χ3v) is 1.43. The third kappa shape index (κ3) is 1.10. The first-order chi connectivity index (χ1) is 4.22. The Morgan fingerprint density at radius 1 is 1.56 bits per heavy atom. The lowest BCUT2D eigenvalue weighted by Gasteiger charge is -1.93. The number of allylic oxidation sites excluding steroid dienone is 4. The maximum Gasteiger partial charge on any atom is 0.166 e. The lowest BCUT2D eigenvalue weighted by atomic mass is 10.1. The SMILES string of the molecule is CC(C)=C1C=CCC1=O. The van der Waals surface area contributed by atoms with Gasteiger partial charge in [-0.1, -0.05) is 17.7 Å². The van der Waals surface area contributed by atoms with E-state index < -0.39 is 0 Å². The van der Waals surface area contributed by atoms with Crippen LogP contribution in [-0.4, -0.2) is 5.78 Å². The van der Waals surface area contributed by atoms with Crippen molar-refractivity contribution in [1.82, 2.24) is 0 Å². The van der Waals surface area contributed by atoms with Gasteiger partial charge in [0.2, 0.25) is 0 Å². The molecule has 1 heteroatoms. The quantitative estimate of drug-likeness (QED) is 0.448. The van der Waals surface area contributed by atoms with Gasteiger partial charge in [0, 0.05) is 12.0 Å². The molecule has 1 nitrogen and oxygen atoms in total. The number of hydrogen-bond acceptors (Lipinski definition) is 1. The summed E-state index contributed by atoms with van der Waals surface area (Å²) in [5, 5.41) is 0. The Labute approximate surface area is 55.1 Å². The Kier molecular flexibility index (Phi) is 1.52. The Morgan fingerprint density at radius 3 is 2.44 bits per heavy atom. The van der Waals surface area contributed by atoms with Crippen molar-refractivity contribution in [2.75, 3.05) is 0 Å². The van der Waals surface area contributed by atoms with Crippen LogP contribution < -0.4 is 0 Å². The van der Waals surface area contributed by atoms with Gasteiger partial charge >= 0.3 is 0 Å².